The van der Waals surface area contributed by atoms with Gasteiger partial charge in [0.2, 0.25) is 0 Å². The molecule has 4 fully saturated rings. The number of thiophene rings is 1. The van der Waals surface area contributed by atoms with Gasteiger partial charge in [0.25, 0.3) is 0 Å². The molecule has 1 atom stereocenters. The zero-order chi connectivity index (χ0) is 15.6. The second kappa shape index (κ2) is 4.87. The Balaban J connectivity index is 1.43. The number of carbonyl (C=O) groups is 1. The second-order valence-corrected chi connectivity index (χ2v) is 8.48. The predicted molar refractivity (Wildman–Crippen MR) is 90.5 cm³/mol. The third-order valence-corrected chi connectivity index (χ3v) is 7.57. The van der Waals surface area contributed by atoms with Crippen LogP contribution < -0.4 is 0 Å². The Morgan fingerprint density at radius 2 is 2.09 bits per heavy atom. The van der Waals surface area contributed by atoms with Crippen molar-refractivity contribution in [2.75, 3.05) is 13.1 Å². The van der Waals surface area contributed by atoms with Crippen LogP contribution in [0, 0.1) is 17.7 Å². The molecule has 1 aromatic carbocycles. The highest BCUT2D eigenvalue weighted by Crippen LogP contribution is 2.58. The van der Waals surface area contributed by atoms with Crippen molar-refractivity contribution >= 4 is 27.2 Å². The van der Waals surface area contributed by atoms with E-state index >= 15 is 0 Å². The average molecular weight is 329 g/mol. The van der Waals surface area contributed by atoms with Crippen molar-refractivity contribution in [1.82, 2.24) is 4.90 Å². The Bertz CT molecular complexity index is 786. The van der Waals surface area contributed by atoms with Gasteiger partial charge in [-0.25, -0.2) is 4.39 Å². The molecule has 3 aliphatic heterocycles. The van der Waals surface area contributed by atoms with Gasteiger partial charge < -0.3 is 0 Å². The molecule has 3 saturated heterocycles. The van der Waals surface area contributed by atoms with Crippen LogP contribution in [0.25, 0.3) is 10.1 Å². The minimum atomic E-state index is -0.215. The first-order valence-electron chi connectivity index (χ1n) is 8.64. The molecule has 4 aliphatic rings. The molecule has 4 heteroatoms. The number of rotatable bonds is 3. The van der Waals surface area contributed by atoms with Crippen molar-refractivity contribution in [1.29, 1.82) is 0 Å². The molecular weight excluding hydrogens is 309 g/mol. The summed E-state index contributed by atoms with van der Waals surface area (Å²) < 4.78 is 14.5. The maximum atomic E-state index is 13.9. The zero-order valence-electron chi connectivity index (χ0n) is 13.1. The maximum Gasteiger partial charge on any atom is 0.173 e. The van der Waals surface area contributed by atoms with Gasteiger partial charge in [-0.15, -0.1) is 11.3 Å². The van der Waals surface area contributed by atoms with Gasteiger partial charge in [-0.2, -0.15) is 0 Å². The predicted octanol–water partition coefficient (Wildman–Crippen LogP) is 4.49. The molecular formula is C19H20FNOS. The number of piperidine rings is 3. The van der Waals surface area contributed by atoms with E-state index < -0.39 is 0 Å². The van der Waals surface area contributed by atoms with Crippen LogP contribution in [0.15, 0.2) is 24.3 Å². The van der Waals surface area contributed by atoms with E-state index in [1.54, 1.807) is 6.07 Å². The van der Waals surface area contributed by atoms with Crippen molar-refractivity contribution in [3.8, 4) is 0 Å². The normalized spacial score (nSPS) is 30.9. The van der Waals surface area contributed by atoms with Crippen molar-refractivity contribution in [3.05, 3.63) is 35.0 Å². The summed E-state index contributed by atoms with van der Waals surface area (Å²) in [6.07, 6.45) is 5.68. The van der Waals surface area contributed by atoms with Crippen molar-refractivity contribution in [2.24, 2.45) is 11.8 Å². The molecule has 1 spiro atoms. The smallest absolute Gasteiger partial charge is 0.173 e. The summed E-state index contributed by atoms with van der Waals surface area (Å²) in [6.45, 7) is 2.45. The highest BCUT2D eigenvalue weighted by molar-refractivity contribution is 7.20. The number of fused-ring (bicyclic) bond motifs is 3. The molecule has 1 aliphatic carbocycles. The Morgan fingerprint density at radius 1 is 1.30 bits per heavy atom. The number of benzene rings is 1. The summed E-state index contributed by atoms with van der Waals surface area (Å²) >= 11 is 1.32. The Labute approximate surface area is 139 Å². The Kier molecular flexibility index (Phi) is 2.99. The highest BCUT2D eigenvalue weighted by atomic mass is 32.1. The first-order chi connectivity index (χ1) is 11.2. The largest absolute Gasteiger partial charge is 0.297 e. The van der Waals surface area contributed by atoms with E-state index in [2.05, 4.69) is 4.90 Å². The lowest BCUT2D eigenvalue weighted by molar-refractivity contribution is -0.0273. The molecule has 6 rings (SSSR count). The van der Waals surface area contributed by atoms with Crippen LogP contribution in [0.2, 0.25) is 0 Å². The lowest BCUT2D eigenvalue weighted by atomic mass is 9.70. The zero-order valence-corrected chi connectivity index (χ0v) is 13.9. The lowest BCUT2D eigenvalue weighted by Crippen LogP contribution is -2.57. The molecule has 1 saturated carbocycles. The van der Waals surface area contributed by atoms with Gasteiger partial charge in [0.15, 0.2) is 5.78 Å². The fourth-order valence-corrected chi connectivity index (χ4v) is 6.07. The molecule has 23 heavy (non-hydrogen) atoms. The third-order valence-electron chi connectivity index (χ3n) is 6.37. The van der Waals surface area contributed by atoms with E-state index in [9.17, 15) is 9.18 Å². The SMILES string of the molecule is O=C(CC1C2CCN(CC2)C12CC2)c1cc2cccc(F)c2s1. The lowest BCUT2D eigenvalue weighted by Gasteiger charge is -2.52. The number of Topliss-reactive ketones (excluding diaryl/α,β-unsaturated/α-hetero) is 1. The van der Waals surface area contributed by atoms with Gasteiger partial charge in [-0.3, -0.25) is 9.69 Å². The molecule has 120 valence electrons. The first kappa shape index (κ1) is 14.1. The summed E-state index contributed by atoms with van der Waals surface area (Å²) in [6, 6.07) is 6.96. The summed E-state index contributed by atoms with van der Waals surface area (Å²) in [4.78, 5) is 16.2. The van der Waals surface area contributed by atoms with Crippen LogP contribution in [0.4, 0.5) is 4.39 Å². The van der Waals surface area contributed by atoms with Crippen LogP contribution in [-0.2, 0) is 0 Å². The number of carbonyl (C=O) groups excluding carboxylic acids is 1. The number of halogens is 1. The number of ketones is 1. The van der Waals surface area contributed by atoms with Gasteiger partial charge in [0.1, 0.15) is 5.82 Å². The summed E-state index contributed by atoms with van der Waals surface area (Å²) in [5.41, 5.74) is 0.346. The van der Waals surface area contributed by atoms with Crippen LogP contribution in [0.5, 0.6) is 0 Å². The maximum absolute atomic E-state index is 13.9. The number of hydrogen-bond donors (Lipinski definition) is 0. The minimum absolute atomic E-state index is 0.215. The molecule has 2 bridgehead atoms. The fourth-order valence-electron chi connectivity index (χ4n) is 5.06. The molecule has 0 radical (unpaired) electrons. The van der Waals surface area contributed by atoms with E-state index in [1.165, 1.54) is 56.2 Å². The van der Waals surface area contributed by atoms with E-state index in [4.69, 9.17) is 0 Å². The van der Waals surface area contributed by atoms with Crippen molar-refractivity contribution in [3.63, 3.8) is 0 Å². The van der Waals surface area contributed by atoms with E-state index in [0.29, 0.717) is 22.6 Å². The van der Waals surface area contributed by atoms with Crippen molar-refractivity contribution < 1.29 is 9.18 Å². The molecule has 2 aromatic rings. The van der Waals surface area contributed by atoms with Gasteiger partial charge in [0, 0.05) is 12.0 Å². The fraction of sp³-hybridized carbons (Fsp3) is 0.526. The standard InChI is InChI=1S/C19H20FNOS/c20-15-3-1-2-13-10-17(23-18(13)15)16(22)11-14-12-4-8-21(9-5-12)19(14)6-7-19/h1-3,10,12,14H,4-9,11H2. The molecule has 1 unspecified atom stereocenters. The van der Waals surface area contributed by atoms with E-state index in [-0.39, 0.29) is 11.6 Å². The summed E-state index contributed by atoms with van der Waals surface area (Å²) in [5, 5.41) is 0.855. The molecule has 1 aromatic heterocycles. The van der Waals surface area contributed by atoms with Crippen LogP contribution in [0.3, 0.4) is 0 Å². The Morgan fingerprint density at radius 3 is 2.78 bits per heavy atom. The summed E-state index contributed by atoms with van der Waals surface area (Å²) in [7, 11) is 0. The van der Waals surface area contributed by atoms with Crippen molar-refractivity contribution in [2.45, 2.75) is 37.6 Å². The minimum Gasteiger partial charge on any atom is -0.297 e. The van der Waals surface area contributed by atoms with E-state index in [0.717, 1.165) is 16.2 Å². The third kappa shape index (κ3) is 2.04. The molecule has 0 N–H and O–H groups in total. The molecule has 2 nitrogen and oxygen atoms in total. The quantitative estimate of drug-likeness (QED) is 0.774. The van der Waals surface area contributed by atoms with Gasteiger partial charge in [0.05, 0.1) is 9.58 Å². The second-order valence-electron chi connectivity index (χ2n) is 7.43. The molecule has 0 amide bonds. The van der Waals surface area contributed by atoms with Crippen LogP contribution in [-0.4, -0.2) is 29.3 Å². The van der Waals surface area contributed by atoms with Crippen LogP contribution in [0.1, 0.15) is 41.8 Å². The molecule has 4 heterocycles. The van der Waals surface area contributed by atoms with Gasteiger partial charge in [-0.05, 0) is 68.1 Å². The van der Waals surface area contributed by atoms with Gasteiger partial charge >= 0.3 is 0 Å². The average Bonchev–Trinajstić information content (AvgIpc) is 3.21. The monoisotopic (exact) mass is 329 g/mol. The number of nitrogens with zero attached hydrogens (tertiary/aromatic N) is 1. The van der Waals surface area contributed by atoms with Crippen LogP contribution >= 0.6 is 11.3 Å². The topological polar surface area (TPSA) is 20.3 Å². The Hall–Kier alpha value is -1.26. The summed E-state index contributed by atoms with van der Waals surface area (Å²) in [5.74, 6) is 1.24. The number of hydrogen-bond acceptors (Lipinski definition) is 3. The highest BCUT2D eigenvalue weighted by Gasteiger charge is 2.60. The van der Waals surface area contributed by atoms with E-state index in [1.807, 2.05) is 12.1 Å². The van der Waals surface area contributed by atoms with Gasteiger partial charge in [-0.1, -0.05) is 12.1 Å². The first-order valence-corrected chi connectivity index (χ1v) is 9.45.